The number of nitro groups is 1. The van der Waals surface area contributed by atoms with Crippen LogP contribution >= 0.6 is 0 Å². The second-order valence-electron chi connectivity index (χ2n) is 6.29. The van der Waals surface area contributed by atoms with Crippen LogP contribution in [0.5, 0.6) is 0 Å². The predicted molar refractivity (Wildman–Crippen MR) is 111 cm³/mol. The number of carbonyl (C=O) groups excluding carboxylic acids is 2. The summed E-state index contributed by atoms with van der Waals surface area (Å²) in [6, 6.07) is 23.2. The first-order valence-electron chi connectivity index (χ1n) is 9.06. The number of esters is 1. The smallest absolute Gasteiger partial charge is 0.355 e. The van der Waals surface area contributed by atoms with Crippen molar-refractivity contribution in [2.75, 3.05) is 0 Å². The predicted octanol–water partition coefficient (Wildman–Crippen LogP) is 4.11. The van der Waals surface area contributed by atoms with Gasteiger partial charge in [0.05, 0.1) is 4.92 Å². The largest absolute Gasteiger partial charge is 0.456 e. The first-order valence-corrected chi connectivity index (χ1v) is 9.06. The Kier molecular flexibility index (Phi) is 6.68. The molecule has 1 N–H and O–H groups in total. The maximum atomic E-state index is 12.7. The van der Waals surface area contributed by atoms with E-state index in [4.69, 9.17) is 4.74 Å². The van der Waals surface area contributed by atoms with Crippen LogP contribution in [-0.4, -0.2) is 16.8 Å². The van der Waals surface area contributed by atoms with Gasteiger partial charge in [0, 0.05) is 17.7 Å². The fourth-order valence-corrected chi connectivity index (χ4v) is 2.63. The molecule has 3 aromatic rings. The maximum absolute atomic E-state index is 12.7. The molecule has 0 radical (unpaired) electrons. The van der Waals surface area contributed by atoms with E-state index in [1.807, 2.05) is 18.2 Å². The van der Waals surface area contributed by atoms with Gasteiger partial charge in [-0.3, -0.25) is 14.9 Å². The topological polar surface area (TPSA) is 98.5 Å². The number of non-ortho nitro benzene ring substituents is 1. The zero-order chi connectivity index (χ0) is 21.3. The Morgan fingerprint density at radius 1 is 0.933 bits per heavy atom. The van der Waals surface area contributed by atoms with Gasteiger partial charge in [-0.1, -0.05) is 60.7 Å². The van der Waals surface area contributed by atoms with E-state index >= 15 is 0 Å². The highest BCUT2D eigenvalue weighted by Gasteiger charge is 2.17. The number of ether oxygens (including phenoxy) is 1. The van der Waals surface area contributed by atoms with Gasteiger partial charge in [0.25, 0.3) is 11.6 Å². The molecule has 0 unspecified atom stereocenters. The molecule has 1 amide bonds. The number of benzene rings is 3. The maximum Gasteiger partial charge on any atom is 0.355 e. The number of amides is 1. The summed E-state index contributed by atoms with van der Waals surface area (Å²) in [6.45, 7) is 0.0210. The number of rotatable bonds is 7. The van der Waals surface area contributed by atoms with Gasteiger partial charge in [0.2, 0.25) is 0 Å². The van der Waals surface area contributed by atoms with E-state index < -0.39 is 16.8 Å². The van der Waals surface area contributed by atoms with Crippen molar-refractivity contribution in [1.29, 1.82) is 0 Å². The van der Waals surface area contributed by atoms with Gasteiger partial charge in [0.1, 0.15) is 12.3 Å². The Hall–Kier alpha value is -4.26. The monoisotopic (exact) mass is 402 g/mol. The van der Waals surface area contributed by atoms with E-state index in [-0.39, 0.29) is 18.0 Å². The molecule has 150 valence electrons. The summed E-state index contributed by atoms with van der Waals surface area (Å²) >= 11 is 0. The molecule has 0 aliphatic rings. The van der Waals surface area contributed by atoms with Crippen molar-refractivity contribution in [3.8, 4) is 0 Å². The standard InChI is InChI=1S/C23H18N2O5/c26-22(19-11-5-2-6-12-19)24-21(15-18-10-7-13-20(14-18)25(28)29)23(27)30-16-17-8-3-1-4-9-17/h1-15H,16H2,(H,24,26)/b21-15-. The molecule has 3 rings (SSSR count). The third kappa shape index (κ3) is 5.62. The fourth-order valence-electron chi connectivity index (χ4n) is 2.63. The number of nitro benzene ring substituents is 1. The molecule has 3 aromatic carbocycles. The van der Waals surface area contributed by atoms with Crippen LogP contribution in [0.1, 0.15) is 21.5 Å². The average molecular weight is 402 g/mol. The van der Waals surface area contributed by atoms with E-state index in [1.54, 1.807) is 48.5 Å². The highest BCUT2D eigenvalue weighted by Crippen LogP contribution is 2.16. The minimum absolute atomic E-state index is 0.0210. The fraction of sp³-hybridized carbons (Fsp3) is 0.0435. The third-order valence-corrected chi connectivity index (χ3v) is 4.11. The number of hydrogen-bond acceptors (Lipinski definition) is 5. The molecule has 7 nitrogen and oxygen atoms in total. The molecular weight excluding hydrogens is 384 g/mol. The van der Waals surface area contributed by atoms with Crippen LogP contribution in [0.25, 0.3) is 6.08 Å². The van der Waals surface area contributed by atoms with Crippen molar-refractivity contribution in [2.45, 2.75) is 6.61 Å². The highest BCUT2D eigenvalue weighted by atomic mass is 16.6. The van der Waals surface area contributed by atoms with Crippen molar-refractivity contribution < 1.29 is 19.2 Å². The first-order chi connectivity index (χ1) is 14.5. The summed E-state index contributed by atoms with van der Waals surface area (Å²) in [7, 11) is 0. The van der Waals surface area contributed by atoms with Crippen molar-refractivity contribution >= 4 is 23.6 Å². The number of nitrogens with zero attached hydrogens (tertiary/aromatic N) is 1. The Balaban J connectivity index is 1.85. The van der Waals surface area contributed by atoms with Crippen LogP contribution in [0.4, 0.5) is 5.69 Å². The number of carbonyl (C=O) groups is 2. The second kappa shape index (κ2) is 9.79. The van der Waals surface area contributed by atoms with Gasteiger partial charge < -0.3 is 10.1 Å². The van der Waals surface area contributed by atoms with Crippen LogP contribution in [-0.2, 0) is 16.1 Å². The molecule has 0 saturated heterocycles. The lowest BCUT2D eigenvalue weighted by Gasteiger charge is -2.11. The van der Waals surface area contributed by atoms with Gasteiger partial charge in [-0.2, -0.15) is 0 Å². The van der Waals surface area contributed by atoms with Crippen LogP contribution in [0.3, 0.4) is 0 Å². The lowest BCUT2D eigenvalue weighted by atomic mass is 10.1. The van der Waals surface area contributed by atoms with Crippen molar-refractivity contribution in [3.05, 3.63) is 117 Å². The van der Waals surface area contributed by atoms with Crippen LogP contribution in [0, 0.1) is 10.1 Å². The Bertz CT molecular complexity index is 1080. The van der Waals surface area contributed by atoms with Crippen LogP contribution in [0.2, 0.25) is 0 Å². The quantitative estimate of drug-likeness (QED) is 0.278. The zero-order valence-corrected chi connectivity index (χ0v) is 15.9. The molecule has 0 atom stereocenters. The minimum atomic E-state index is -0.755. The molecule has 0 fully saturated rings. The number of nitrogens with one attached hydrogen (secondary N) is 1. The van der Waals surface area contributed by atoms with Gasteiger partial charge in [0.15, 0.2) is 0 Å². The summed E-state index contributed by atoms with van der Waals surface area (Å²) in [5.74, 6) is -1.25. The Labute approximate surface area is 172 Å². The minimum Gasteiger partial charge on any atom is -0.456 e. The molecule has 0 aliphatic carbocycles. The molecular formula is C23H18N2O5. The Morgan fingerprint density at radius 3 is 2.27 bits per heavy atom. The van der Waals surface area contributed by atoms with Crippen LogP contribution < -0.4 is 5.32 Å². The van der Waals surface area contributed by atoms with Gasteiger partial charge in [-0.15, -0.1) is 0 Å². The molecule has 0 aliphatic heterocycles. The summed E-state index contributed by atoms with van der Waals surface area (Å²) in [5.41, 5.74) is 1.27. The molecule has 0 spiro atoms. The highest BCUT2D eigenvalue weighted by molar-refractivity contribution is 6.03. The van der Waals surface area contributed by atoms with E-state index in [1.165, 1.54) is 24.3 Å². The van der Waals surface area contributed by atoms with Gasteiger partial charge in [-0.25, -0.2) is 4.79 Å². The SMILES string of the molecule is O=C(OCc1ccccc1)/C(=C/c1cccc([N+](=O)[O-])c1)NC(=O)c1ccccc1. The summed E-state index contributed by atoms with van der Waals surface area (Å²) in [6.07, 6.45) is 1.35. The summed E-state index contributed by atoms with van der Waals surface area (Å²) < 4.78 is 5.32. The molecule has 0 saturated carbocycles. The molecule has 0 bridgehead atoms. The van der Waals surface area contributed by atoms with Gasteiger partial charge in [-0.05, 0) is 29.3 Å². The van der Waals surface area contributed by atoms with Crippen molar-refractivity contribution in [1.82, 2.24) is 5.32 Å². The second-order valence-corrected chi connectivity index (χ2v) is 6.29. The lowest BCUT2D eigenvalue weighted by molar-refractivity contribution is -0.384. The van der Waals surface area contributed by atoms with Crippen molar-refractivity contribution in [2.24, 2.45) is 0 Å². The van der Waals surface area contributed by atoms with E-state index in [9.17, 15) is 19.7 Å². The first kappa shape index (κ1) is 20.5. The summed E-state index contributed by atoms with van der Waals surface area (Å²) in [4.78, 5) is 35.7. The number of hydrogen-bond donors (Lipinski definition) is 1. The van der Waals surface area contributed by atoms with Crippen LogP contribution in [0.15, 0.2) is 90.6 Å². The molecule has 30 heavy (non-hydrogen) atoms. The van der Waals surface area contributed by atoms with Gasteiger partial charge >= 0.3 is 5.97 Å². The average Bonchev–Trinajstić information content (AvgIpc) is 2.78. The van der Waals surface area contributed by atoms with E-state index in [2.05, 4.69) is 5.32 Å². The summed E-state index contributed by atoms with van der Waals surface area (Å²) in [5, 5.41) is 13.6. The van der Waals surface area contributed by atoms with E-state index in [0.29, 0.717) is 11.1 Å². The van der Waals surface area contributed by atoms with Crippen molar-refractivity contribution in [3.63, 3.8) is 0 Å². The third-order valence-electron chi connectivity index (χ3n) is 4.11. The lowest BCUT2D eigenvalue weighted by Crippen LogP contribution is -2.28. The molecule has 7 heteroatoms. The molecule has 0 heterocycles. The molecule has 0 aromatic heterocycles. The normalized spacial score (nSPS) is 10.9. The Morgan fingerprint density at radius 2 is 1.60 bits per heavy atom. The zero-order valence-electron chi connectivity index (χ0n) is 15.9. The van der Waals surface area contributed by atoms with E-state index in [0.717, 1.165) is 5.56 Å².